The van der Waals surface area contributed by atoms with E-state index in [-0.39, 0.29) is 11.9 Å². The Labute approximate surface area is 83.0 Å². The third-order valence-electron chi connectivity index (χ3n) is 2.88. The topological polar surface area (TPSA) is 67.2 Å². The summed E-state index contributed by atoms with van der Waals surface area (Å²) >= 11 is 0. The SMILES string of the molecule is [N-]=[N+]=NCC1COC2(CCCCC2)O1. The van der Waals surface area contributed by atoms with Crippen LogP contribution in [0.4, 0.5) is 0 Å². The maximum absolute atomic E-state index is 8.19. The molecule has 2 rings (SSSR count). The van der Waals surface area contributed by atoms with E-state index in [1.165, 1.54) is 19.3 Å². The molecule has 0 amide bonds. The Bertz CT molecular complexity index is 244. The van der Waals surface area contributed by atoms with Gasteiger partial charge in [0.15, 0.2) is 5.79 Å². The molecule has 0 bridgehead atoms. The molecule has 5 heteroatoms. The largest absolute Gasteiger partial charge is 0.347 e. The van der Waals surface area contributed by atoms with E-state index in [4.69, 9.17) is 15.0 Å². The van der Waals surface area contributed by atoms with E-state index >= 15 is 0 Å². The van der Waals surface area contributed by atoms with Gasteiger partial charge in [-0.25, -0.2) is 0 Å². The van der Waals surface area contributed by atoms with Crippen LogP contribution in [0, 0.1) is 0 Å². The van der Waals surface area contributed by atoms with Crippen LogP contribution in [-0.4, -0.2) is 25.0 Å². The van der Waals surface area contributed by atoms with Crippen LogP contribution < -0.4 is 0 Å². The van der Waals surface area contributed by atoms with Crippen LogP contribution in [0.3, 0.4) is 0 Å². The molecule has 1 aliphatic heterocycles. The highest BCUT2D eigenvalue weighted by Crippen LogP contribution is 2.37. The number of rotatable bonds is 2. The molecule has 1 unspecified atom stereocenters. The fourth-order valence-electron chi connectivity index (χ4n) is 2.19. The lowest BCUT2D eigenvalue weighted by Crippen LogP contribution is -2.33. The minimum absolute atomic E-state index is 0.0380. The van der Waals surface area contributed by atoms with Crippen LogP contribution in [0.25, 0.3) is 10.4 Å². The molecule has 14 heavy (non-hydrogen) atoms. The Morgan fingerprint density at radius 2 is 2.14 bits per heavy atom. The fraction of sp³-hybridized carbons (Fsp3) is 1.00. The molecule has 1 spiro atoms. The van der Waals surface area contributed by atoms with Crippen molar-refractivity contribution >= 4 is 0 Å². The molecular formula is C9H15N3O2. The smallest absolute Gasteiger partial charge is 0.168 e. The summed E-state index contributed by atoms with van der Waals surface area (Å²) in [5.74, 6) is -0.339. The third kappa shape index (κ3) is 2.00. The molecule has 1 atom stereocenters. The van der Waals surface area contributed by atoms with E-state index in [1.807, 2.05) is 0 Å². The lowest BCUT2D eigenvalue weighted by atomic mass is 9.94. The maximum Gasteiger partial charge on any atom is 0.168 e. The standard InChI is InChI=1S/C9H15N3O2/c10-12-11-6-8-7-13-9(14-8)4-2-1-3-5-9/h8H,1-7H2. The van der Waals surface area contributed by atoms with Crippen LogP contribution in [0.1, 0.15) is 32.1 Å². The molecule has 0 N–H and O–H groups in total. The molecule has 0 radical (unpaired) electrons. The third-order valence-corrected chi connectivity index (χ3v) is 2.88. The number of hydrogen-bond acceptors (Lipinski definition) is 3. The summed E-state index contributed by atoms with van der Waals surface area (Å²) in [7, 11) is 0. The summed E-state index contributed by atoms with van der Waals surface area (Å²) < 4.78 is 11.5. The summed E-state index contributed by atoms with van der Waals surface area (Å²) in [5, 5.41) is 3.51. The first-order valence-electron chi connectivity index (χ1n) is 5.17. The quantitative estimate of drug-likeness (QED) is 0.387. The Hall–Kier alpha value is -0.770. The number of azide groups is 1. The van der Waals surface area contributed by atoms with Gasteiger partial charge in [0.2, 0.25) is 0 Å². The van der Waals surface area contributed by atoms with Gasteiger partial charge < -0.3 is 9.47 Å². The van der Waals surface area contributed by atoms with Crippen LogP contribution in [-0.2, 0) is 9.47 Å². The van der Waals surface area contributed by atoms with Crippen LogP contribution >= 0.6 is 0 Å². The molecule has 5 nitrogen and oxygen atoms in total. The molecule has 0 aromatic rings. The second kappa shape index (κ2) is 4.17. The van der Waals surface area contributed by atoms with Gasteiger partial charge in [0, 0.05) is 17.8 Å². The molecule has 1 saturated carbocycles. The summed E-state index contributed by atoms with van der Waals surface area (Å²) in [6, 6.07) is 0. The molecule has 1 saturated heterocycles. The van der Waals surface area contributed by atoms with E-state index in [0.29, 0.717) is 13.2 Å². The summed E-state index contributed by atoms with van der Waals surface area (Å²) in [4.78, 5) is 2.72. The van der Waals surface area contributed by atoms with Gasteiger partial charge in [-0.1, -0.05) is 11.5 Å². The average Bonchev–Trinajstić information content (AvgIpc) is 2.60. The second-order valence-electron chi connectivity index (χ2n) is 3.94. The zero-order valence-electron chi connectivity index (χ0n) is 8.19. The van der Waals surface area contributed by atoms with Crippen molar-refractivity contribution in [2.75, 3.05) is 13.2 Å². The van der Waals surface area contributed by atoms with Crippen LogP contribution in [0.5, 0.6) is 0 Å². The van der Waals surface area contributed by atoms with Crippen LogP contribution in [0.15, 0.2) is 5.11 Å². The molecule has 1 aliphatic carbocycles. The number of nitrogens with zero attached hydrogens (tertiary/aromatic N) is 3. The Kier molecular flexibility index (Phi) is 2.91. The van der Waals surface area contributed by atoms with Gasteiger partial charge in [-0.15, -0.1) is 0 Å². The first-order chi connectivity index (χ1) is 6.85. The van der Waals surface area contributed by atoms with Crippen molar-refractivity contribution in [1.82, 2.24) is 0 Å². The van der Waals surface area contributed by atoms with Crippen molar-refractivity contribution < 1.29 is 9.47 Å². The first kappa shape index (κ1) is 9.77. The van der Waals surface area contributed by atoms with Gasteiger partial charge in [-0.05, 0) is 18.4 Å². The first-order valence-corrected chi connectivity index (χ1v) is 5.17. The molecule has 2 aliphatic rings. The van der Waals surface area contributed by atoms with Gasteiger partial charge in [-0.2, -0.15) is 0 Å². The minimum Gasteiger partial charge on any atom is -0.347 e. The van der Waals surface area contributed by atoms with E-state index in [0.717, 1.165) is 12.8 Å². The zero-order valence-corrected chi connectivity index (χ0v) is 8.19. The summed E-state index contributed by atoms with van der Waals surface area (Å²) in [6.07, 6.45) is 5.56. The number of ether oxygens (including phenoxy) is 2. The Morgan fingerprint density at radius 3 is 2.86 bits per heavy atom. The van der Waals surface area contributed by atoms with Crippen molar-refractivity contribution in [1.29, 1.82) is 0 Å². The molecule has 0 aromatic carbocycles. The molecule has 78 valence electrons. The van der Waals surface area contributed by atoms with Crippen molar-refractivity contribution in [2.45, 2.75) is 44.0 Å². The van der Waals surface area contributed by atoms with Crippen molar-refractivity contribution in [3.63, 3.8) is 0 Å². The summed E-state index contributed by atoms with van der Waals surface area (Å²) in [6.45, 7) is 0.956. The zero-order chi connectivity index (χ0) is 9.86. The average molecular weight is 197 g/mol. The van der Waals surface area contributed by atoms with Crippen molar-refractivity contribution in [3.05, 3.63) is 10.4 Å². The molecule has 1 heterocycles. The maximum atomic E-state index is 8.19. The molecule has 2 fully saturated rings. The van der Waals surface area contributed by atoms with Crippen LogP contribution in [0.2, 0.25) is 0 Å². The predicted molar refractivity (Wildman–Crippen MR) is 50.7 cm³/mol. The van der Waals surface area contributed by atoms with E-state index in [1.54, 1.807) is 0 Å². The van der Waals surface area contributed by atoms with Crippen molar-refractivity contribution in [3.8, 4) is 0 Å². The summed E-state index contributed by atoms with van der Waals surface area (Å²) in [5.41, 5.74) is 8.19. The highest BCUT2D eigenvalue weighted by Gasteiger charge is 2.41. The second-order valence-corrected chi connectivity index (χ2v) is 3.94. The monoisotopic (exact) mass is 197 g/mol. The lowest BCUT2D eigenvalue weighted by molar-refractivity contribution is -0.186. The lowest BCUT2D eigenvalue weighted by Gasteiger charge is -2.31. The number of hydrogen-bond donors (Lipinski definition) is 0. The fourth-order valence-corrected chi connectivity index (χ4v) is 2.19. The van der Waals surface area contributed by atoms with E-state index in [9.17, 15) is 0 Å². The van der Waals surface area contributed by atoms with Gasteiger partial charge in [0.05, 0.1) is 19.3 Å². The van der Waals surface area contributed by atoms with Crippen molar-refractivity contribution in [2.24, 2.45) is 5.11 Å². The molecule has 0 aromatic heterocycles. The Balaban J connectivity index is 1.88. The normalized spacial score (nSPS) is 30.1. The highest BCUT2D eigenvalue weighted by molar-refractivity contribution is 4.83. The van der Waals surface area contributed by atoms with E-state index < -0.39 is 0 Å². The van der Waals surface area contributed by atoms with Gasteiger partial charge in [-0.3, -0.25) is 0 Å². The van der Waals surface area contributed by atoms with Gasteiger partial charge in [0.25, 0.3) is 0 Å². The highest BCUT2D eigenvalue weighted by atomic mass is 16.7. The predicted octanol–water partition coefficient (Wildman–Crippen LogP) is 2.37. The Morgan fingerprint density at radius 1 is 1.36 bits per heavy atom. The molecular weight excluding hydrogens is 182 g/mol. The van der Waals surface area contributed by atoms with Gasteiger partial charge in [0.1, 0.15) is 0 Å². The van der Waals surface area contributed by atoms with Gasteiger partial charge >= 0.3 is 0 Å². The minimum atomic E-state index is -0.339. The van der Waals surface area contributed by atoms with E-state index in [2.05, 4.69) is 10.0 Å².